The fourth-order valence-corrected chi connectivity index (χ4v) is 3.77. The highest BCUT2D eigenvalue weighted by molar-refractivity contribution is 5.99. The van der Waals surface area contributed by atoms with Gasteiger partial charge in [0.2, 0.25) is 17.2 Å². The third-order valence-corrected chi connectivity index (χ3v) is 5.63. The number of para-hydroxylation sites is 1. The van der Waals surface area contributed by atoms with Crippen molar-refractivity contribution in [3.05, 3.63) is 46.2 Å². The summed E-state index contributed by atoms with van der Waals surface area (Å²) in [5.74, 6) is -2.11. The number of piperidine rings is 1. The molecule has 1 fully saturated rings. The van der Waals surface area contributed by atoms with Crippen molar-refractivity contribution in [2.75, 3.05) is 39.8 Å². The van der Waals surface area contributed by atoms with E-state index >= 15 is 0 Å². The maximum Gasteiger partial charge on any atom is 0.310 e. The Morgan fingerprint density at radius 3 is 2.76 bits per heavy atom. The molecule has 1 saturated heterocycles. The Labute approximate surface area is 190 Å². The lowest BCUT2D eigenvalue weighted by Crippen LogP contribution is -2.48. The third-order valence-electron chi connectivity index (χ3n) is 5.63. The lowest BCUT2D eigenvalue weighted by atomic mass is 9.98. The maximum atomic E-state index is 12.6. The van der Waals surface area contributed by atoms with Gasteiger partial charge in [0.05, 0.1) is 25.6 Å². The lowest BCUT2D eigenvalue weighted by Gasteiger charge is -2.32. The molecule has 10 nitrogen and oxygen atoms in total. The van der Waals surface area contributed by atoms with Gasteiger partial charge in [0.25, 0.3) is 5.91 Å². The molecule has 0 spiro atoms. The number of hydrogen-bond acceptors (Lipinski definition) is 6. The van der Waals surface area contributed by atoms with Gasteiger partial charge in [0.1, 0.15) is 5.56 Å². The van der Waals surface area contributed by atoms with Crippen LogP contribution in [0.3, 0.4) is 0 Å². The number of carbonyl (C=O) groups excluding carboxylic acids is 4. The van der Waals surface area contributed by atoms with Crippen LogP contribution in [0.1, 0.15) is 30.1 Å². The molecule has 3 amide bonds. The van der Waals surface area contributed by atoms with Crippen LogP contribution < -0.4 is 10.7 Å². The summed E-state index contributed by atoms with van der Waals surface area (Å²) in [6.45, 7) is 2.26. The van der Waals surface area contributed by atoms with E-state index in [0.717, 1.165) is 0 Å². The van der Waals surface area contributed by atoms with E-state index in [1.54, 1.807) is 36.1 Å². The molecular weight excluding hydrogens is 428 g/mol. The van der Waals surface area contributed by atoms with Crippen LogP contribution >= 0.6 is 0 Å². The van der Waals surface area contributed by atoms with Crippen LogP contribution in [0.5, 0.6) is 0 Å². The summed E-state index contributed by atoms with van der Waals surface area (Å²) >= 11 is 0. The Morgan fingerprint density at radius 2 is 2.00 bits per heavy atom. The van der Waals surface area contributed by atoms with E-state index in [1.165, 1.54) is 18.1 Å². The van der Waals surface area contributed by atoms with Crippen LogP contribution in [0.4, 0.5) is 0 Å². The van der Waals surface area contributed by atoms with Crippen molar-refractivity contribution in [3.63, 3.8) is 0 Å². The van der Waals surface area contributed by atoms with Gasteiger partial charge in [-0.25, -0.2) is 0 Å². The predicted octanol–water partition coefficient (Wildman–Crippen LogP) is 0.518. The van der Waals surface area contributed by atoms with Crippen molar-refractivity contribution in [2.45, 2.75) is 19.8 Å². The highest BCUT2D eigenvalue weighted by Crippen LogP contribution is 2.18. The van der Waals surface area contributed by atoms with Crippen molar-refractivity contribution >= 4 is 34.6 Å². The second kappa shape index (κ2) is 10.8. The predicted molar refractivity (Wildman–Crippen MR) is 120 cm³/mol. The summed E-state index contributed by atoms with van der Waals surface area (Å²) in [5, 5.41) is 2.81. The second-order valence-electron chi connectivity index (χ2n) is 7.94. The molecule has 33 heavy (non-hydrogen) atoms. The monoisotopic (exact) mass is 456 g/mol. The molecule has 3 rings (SSSR count). The van der Waals surface area contributed by atoms with E-state index in [2.05, 4.69) is 10.3 Å². The molecule has 176 valence electrons. The number of rotatable bonds is 7. The Hall–Kier alpha value is -3.69. The van der Waals surface area contributed by atoms with Gasteiger partial charge in [-0.15, -0.1) is 0 Å². The van der Waals surface area contributed by atoms with E-state index in [9.17, 15) is 24.0 Å². The topological polar surface area (TPSA) is 129 Å². The van der Waals surface area contributed by atoms with E-state index in [0.29, 0.717) is 30.3 Å². The second-order valence-corrected chi connectivity index (χ2v) is 7.94. The number of hydrogen-bond donors (Lipinski definition) is 2. The van der Waals surface area contributed by atoms with Crippen LogP contribution in [-0.4, -0.2) is 78.3 Å². The first kappa shape index (κ1) is 24.0. The first-order valence-corrected chi connectivity index (χ1v) is 10.9. The van der Waals surface area contributed by atoms with Crippen molar-refractivity contribution < 1.29 is 23.9 Å². The molecule has 0 bridgehead atoms. The Balaban J connectivity index is 1.53. The number of fused-ring (bicyclic) bond motifs is 1. The molecule has 1 atom stereocenters. The minimum atomic E-state index is -0.677. The van der Waals surface area contributed by atoms with Crippen LogP contribution in [0, 0.1) is 5.92 Å². The van der Waals surface area contributed by atoms with E-state index in [4.69, 9.17) is 4.74 Å². The number of likely N-dealkylation sites (tertiary alicyclic amines) is 1. The number of ether oxygens (including phenoxy) is 1. The first-order chi connectivity index (χ1) is 15.8. The molecule has 1 aromatic heterocycles. The standard InChI is InChI=1S/C23H28N4O6/c1-3-33-23(32)15-7-6-10-27(13-15)20(29)14-26(2)19(28)12-25-22(31)17-11-24-18-9-5-4-8-16(18)21(17)30/h4-5,8-9,11,15H,3,6-7,10,12-14H2,1-2H3,(H,24,30)(H,25,31). The summed E-state index contributed by atoms with van der Waals surface area (Å²) in [6, 6.07) is 6.81. The average Bonchev–Trinajstić information content (AvgIpc) is 2.82. The summed E-state index contributed by atoms with van der Waals surface area (Å²) in [4.78, 5) is 67.6. The zero-order chi connectivity index (χ0) is 24.0. The summed E-state index contributed by atoms with van der Waals surface area (Å²) in [7, 11) is 1.46. The lowest BCUT2D eigenvalue weighted by molar-refractivity contribution is -0.152. The summed E-state index contributed by atoms with van der Waals surface area (Å²) in [6.07, 6.45) is 2.66. The molecule has 2 N–H and O–H groups in total. The minimum absolute atomic E-state index is 0.0986. The normalized spacial score (nSPS) is 15.7. The van der Waals surface area contributed by atoms with Crippen LogP contribution in [-0.2, 0) is 19.1 Å². The third kappa shape index (κ3) is 5.76. The number of pyridine rings is 1. The molecule has 10 heteroatoms. The van der Waals surface area contributed by atoms with Gasteiger partial charge in [0.15, 0.2) is 0 Å². The van der Waals surface area contributed by atoms with Crippen LogP contribution in [0.25, 0.3) is 10.9 Å². The van der Waals surface area contributed by atoms with Crippen molar-refractivity contribution in [1.29, 1.82) is 0 Å². The van der Waals surface area contributed by atoms with E-state index in [1.807, 2.05) is 0 Å². The zero-order valence-corrected chi connectivity index (χ0v) is 18.8. The number of aromatic amines is 1. The number of amides is 3. The van der Waals surface area contributed by atoms with Gasteiger partial charge >= 0.3 is 5.97 Å². The van der Waals surface area contributed by atoms with Gasteiger partial charge in [-0.2, -0.15) is 0 Å². The molecule has 0 radical (unpaired) electrons. The Kier molecular flexibility index (Phi) is 7.81. The number of benzene rings is 1. The highest BCUT2D eigenvalue weighted by Gasteiger charge is 2.30. The van der Waals surface area contributed by atoms with Crippen molar-refractivity contribution in [1.82, 2.24) is 20.1 Å². The molecule has 2 aromatic rings. The first-order valence-electron chi connectivity index (χ1n) is 10.9. The van der Waals surface area contributed by atoms with Gasteiger partial charge in [-0.1, -0.05) is 12.1 Å². The SMILES string of the molecule is CCOC(=O)C1CCCN(C(=O)CN(C)C(=O)CNC(=O)c2c[nH]c3ccccc3c2=O)C1. The van der Waals surface area contributed by atoms with E-state index in [-0.39, 0.29) is 49.6 Å². The van der Waals surface area contributed by atoms with Gasteiger partial charge in [0, 0.05) is 37.2 Å². The smallest absolute Gasteiger partial charge is 0.310 e. The van der Waals surface area contributed by atoms with Gasteiger partial charge in [-0.05, 0) is 31.9 Å². The number of esters is 1. The number of carbonyl (C=O) groups is 4. The summed E-state index contributed by atoms with van der Waals surface area (Å²) in [5.41, 5.74) is 0.0777. The minimum Gasteiger partial charge on any atom is -0.466 e. The maximum absolute atomic E-state index is 12.6. The zero-order valence-electron chi connectivity index (χ0n) is 18.8. The number of aromatic nitrogens is 1. The number of nitrogens with zero attached hydrogens (tertiary/aromatic N) is 2. The van der Waals surface area contributed by atoms with Crippen LogP contribution in [0.2, 0.25) is 0 Å². The molecule has 1 aliphatic rings. The van der Waals surface area contributed by atoms with Crippen molar-refractivity contribution in [2.24, 2.45) is 5.92 Å². The summed E-state index contributed by atoms with van der Waals surface area (Å²) < 4.78 is 5.05. The Morgan fingerprint density at radius 1 is 1.24 bits per heavy atom. The highest BCUT2D eigenvalue weighted by atomic mass is 16.5. The average molecular weight is 456 g/mol. The van der Waals surface area contributed by atoms with Gasteiger partial charge < -0.3 is 24.8 Å². The van der Waals surface area contributed by atoms with E-state index < -0.39 is 17.2 Å². The van der Waals surface area contributed by atoms with Crippen LogP contribution in [0.15, 0.2) is 35.3 Å². The largest absolute Gasteiger partial charge is 0.466 e. The number of H-pyrrole nitrogens is 1. The fraction of sp³-hybridized carbons (Fsp3) is 0.435. The number of likely N-dealkylation sites (N-methyl/N-ethyl adjacent to an activating group) is 1. The quantitative estimate of drug-likeness (QED) is 0.585. The molecule has 1 aromatic carbocycles. The molecule has 1 aliphatic heterocycles. The molecule has 0 aliphatic carbocycles. The molecule has 0 saturated carbocycles. The molecule has 1 unspecified atom stereocenters. The Bertz CT molecular complexity index is 1110. The van der Waals surface area contributed by atoms with Gasteiger partial charge in [-0.3, -0.25) is 24.0 Å². The number of nitrogens with one attached hydrogen (secondary N) is 2. The molecule has 2 heterocycles. The fourth-order valence-electron chi connectivity index (χ4n) is 3.77. The van der Waals surface area contributed by atoms with Crippen molar-refractivity contribution in [3.8, 4) is 0 Å². The molecular formula is C23H28N4O6.